The van der Waals surface area contributed by atoms with Crippen LogP contribution in [-0.2, 0) is 12.4 Å². The van der Waals surface area contributed by atoms with Crippen LogP contribution in [0.3, 0.4) is 0 Å². The van der Waals surface area contributed by atoms with Crippen LogP contribution in [0.4, 0.5) is 20.2 Å². The molecule has 2 N–H and O–H groups in total. The molecule has 0 fully saturated rings. The minimum Gasteiger partial charge on any atom is -0.321 e. The van der Waals surface area contributed by atoms with E-state index in [4.69, 9.17) is 11.6 Å². The van der Waals surface area contributed by atoms with Gasteiger partial charge in [0.25, 0.3) is 11.8 Å². The van der Waals surface area contributed by atoms with E-state index in [1.807, 2.05) is 0 Å². The molecule has 0 aliphatic rings. The topological polar surface area (TPSA) is 106 Å². The van der Waals surface area contributed by atoms with Crippen molar-refractivity contribution in [3.63, 3.8) is 0 Å². The molecule has 12 heteroatoms. The molecule has 0 aliphatic heterocycles. The van der Waals surface area contributed by atoms with Gasteiger partial charge in [0, 0.05) is 36.4 Å². The molecule has 9 nitrogen and oxygen atoms in total. The molecule has 2 amide bonds. The Morgan fingerprint density at radius 2 is 1.66 bits per heavy atom. The summed E-state index contributed by atoms with van der Waals surface area (Å²) in [6.45, 7) is 1.53. The summed E-state index contributed by atoms with van der Waals surface area (Å²) >= 11 is 5.17. The van der Waals surface area contributed by atoms with E-state index in [2.05, 4.69) is 25.8 Å². The van der Waals surface area contributed by atoms with Gasteiger partial charge in [-0.2, -0.15) is 19.0 Å². The standard InChI is InChI=1S/C20H16ClF2N7O2/c1-11-8-16(20(21,22)23)30-17(24-11)10-15(28-30)19(32)26-13-5-3-4-12(9-13)25-18(31)14-6-7-29(2)27-14/h3-10H,1-2H3,(H,25,31)(H,26,32). The molecule has 1 aromatic carbocycles. The number of amides is 2. The number of rotatable bonds is 5. The Balaban J connectivity index is 1.55. The number of fused-ring (bicyclic) bond motifs is 1. The third-order valence-corrected chi connectivity index (χ3v) is 4.60. The van der Waals surface area contributed by atoms with E-state index in [9.17, 15) is 18.4 Å². The van der Waals surface area contributed by atoms with Crippen LogP contribution >= 0.6 is 11.6 Å². The molecule has 0 saturated heterocycles. The summed E-state index contributed by atoms with van der Waals surface area (Å²) in [7, 11) is 1.69. The van der Waals surface area contributed by atoms with Crippen molar-refractivity contribution < 1.29 is 18.4 Å². The number of carbonyl (C=O) groups excluding carboxylic acids is 2. The van der Waals surface area contributed by atoms with E-state index < -0.39 is 22.9 Å². The highest BCUT2D eigenvalue weighted by molar-refractivity contribution is 6.21. The van der Waals surface area contributed by atoms with Gasteiger partial charge in [0.1, 0.15) is 5.69 Å². The second-order valence-electron chi connectivity index (χ2n) is 6.94. The van der Waals surface area contributed by atoms with Crippen molar-refractivity contribution in [2.75, 3.05) is 10.6 Å². The Labute approximate surface area is 185 Å². The van der Waals surface area contributed by atoms with Crippen LogP contribution in [-0.4, -0.2) is 36.2 Å². The second-order valence-corrected chi connectivity index (χ2v) is 7.42. The molecule has 0 aliphatic carbocycles. The lowest BCUT2D eigenvalue weighted by Gasteiger charge is -2.10. The number of hydrogen-bond acceptors (Lipinski definition) is 5. The van der Waals surface area contributed by atoms with E-state index >= 15 is 0 Å². The summed E-state index contributed by atoms with van der Waals surface area (Å²) in [6.07, 6.45) is 1.64. The summed E-state index contributed by atoms with van der Waals surface area (Å²) in [5.41, 5.74) is 0.653. The van der Waals surface area contributed by atoms with E-state index in [0.717, 1.165) is 10.6 Å². The van der Waals surface area contributed by atoms with Crippen molar-refractivity contribution in [1.29, 1.82) is 0 Å². The Bertz CT molecular complexity index is 1340. The van der Waals surface area contributed by atoms with E-state index in [1.54, 1.807) is 37.5 Å². The average molecular weight is 460 g/mol. The molecule has 0 atom stereocenters. The Morgan fingerprint density at radius 1 is 1.00 bits per heavy atom. The van der Waals surface area contributed by atoms with Gasteiger partial charge in [0.15, 0.2) is 17.0 Å². The highest BCUT2D eigenvalue weighted by Gasteiger charge is 2.32. The molecule has 0 spiro atoms. The molecular formula is C20H16ClF2N7O2. The molecule has 3 aromatic heterocycles. The van der Waals surface area contributed by atoms with Gasteiger partial charge in [0.2, 0.25) is 0 Å². The van der Waals surface area contributed by atoms with Gasteiger partial charge in [-0.3, -0.25) is 14.3 Å². The molecule has 3 heterocycles. The smallest absolute Gasteiger partial charge is 0.321 e. The Hall–Kier alpha value is -3.86. The number of nitrogens with zero attached hydrogens (tertiary/aromatic N) is 5. The summed E-state index contributed by atoms with van der Waals surface area (Å²) in [5, 5.41) is 9.56. The maximum absolute atomic E-state index is 13.7. The van der Waals surface area contributed by atoms with Gasteiger partial charge in [-0.05, 0) is 48.9 Å². The molecule has 0 radical (unpaired) electrons. The first-order chi connectivity index (χ1) is 15.1. The minimum absolute atomic E-state index is 0.0573. The number of aromatic nitrogens is 5. The zero-order chi connectivity index (χ0) is 23.0. The second kappa shape index (κ2) is 8.00. The van der Waals surface area contributed by atoms with Crippen molar-refractivity contribution >= 4 is 40.4 Å². The van der Waals surface area contributed by atoms with Crippen molar-refractivity contribution in [3.8, 4) is 0 Å². The number of alkyl halides is 3. The van der Waals surface area contributed by atoms with Gasteiger partial charge in [0.05, 0.1) is 0 Å². The van der Waals surface area contributed by atoms with E-state index in [0.29, 0.717) is 17.1 Å². The molecule has 4 rings (SSSR count). The fourth-order valence-electron chi connectivity index (χ4n) is 3.01. The maximum Gasteiger partial charge on any atom is 0.364 e. The minimum atomic E-state index is -3.69. The van der Waals surface area contributed by atoms with Crippen molar-refractivity contribution in [1.82, 2.24) is 24.4 Å². The molecule has 0 saturated carbocycles. The number of aryl methyl sites for hydroxylation is 2. The lowest BCUT2D eigenvalue weighted by atomic mass is 10.2. The third kappa shape index (κ3) is 4.42. The number of anilines is 2. The average Bonchev–Trinajstić information content (AvgIpc) is 3.33. The first-order valence-corrected chi connectivity index (χ1v) is 9.65. The Kier molecular flexibility index (Phi) is 5.35. The largest absolute Gasteiger partial charge is 0.364 e. The van der Waals surface area contributed by atoms with Gasteiger partial charge in [-0.1, -0.05) is 6.07 Å². The normalized spacial score (nSPS) is 11.5. The predicted octanol–water partition coefficient (Wildman–Crippen LogP) is 3.56. The first-order valence-electron chi connectivity index (χ1n) is 9.27. The zero-order valence-electron chi connectivity index (χ0n) is 16.8. The molecule has 32 heavy (non-hydrogen) atoms. The molecular weight excluding hydrogens is 444 g/mol. The first kappa shape index (κ1) is 21.4. The van der Waals surface area contributed by atoms with Gasteiger partial charge in [-0.25, -0.2) is 9.50 Å². The monoisotopic (exact) mass is 459 g/mol. The lowest BCUT2D eigenvalue weighted by molar-refractivity contribution is 0.0867. The van der Waals surface area contributed by atoms with Crippen LogP contribution in [0.25, 0.3) is 5.65 Å². The van der Waals surface area contributed by atoms with Crippen LogP contribution in [0.15, 0.2) is 48.7 Å². The molecule has 164 valence electrons. The fourth-order valence-corrected chi connectivity index (χ4v) is 3.15. The number of carbonyl (C=O) groups is 2. The number of hydrogen-bond donors (Lipinski definition) is 2. The fraction of sp³-hybridized carbons (Fsp3) is 0.150. The van der Waals surface area contributed by atoms with Gasteiger partial charge >= 0.3 is 5.38 Å². The summed E-state index contributed by atoms with van der Waals surface area (Å²) in [4.78, 5) is 29.0. The predicted molar refractivity (Wildman–Crippen MR) is 113 cm³/mol. The van der Waals surface area contributed by atoms with Crippen molar-refractivity contribution in [3.05, 3.63) is 71.4 Å². The van der Waals surface area contributed by atoms with Gasteiger partial charge in [-0.15, -0.1) is 0 Å². The summed E-state index contributed by atoms with van der Waals surface area (Å²) < 4.78 is 29.8. The van der Waals surface area contributed by atoms with Crippen molar-refractivity contribution in [2.45, 2.75) is 12.3 Å². The molecule has 0 bridgehead atoms. The summed E-state index contributed by atoms with van der Waals surface area (Å²) in [6, 6.07) is 10.4. The van der Waals surface area contributed by atoms with Crippen LogP contribution in [0.2, 0.25) is 0 Å². The number of benzene rings is 1. The lowest BCUT2D eigenvalue weighted by Crippen LogP contribution is -2.16. The zero-order valence-corrected chi connectivity index (χ0v) is 17.6. The van der Waals surface area contributed by atoms with Crippen LogP contribution in [0.1, 0.15) is 32.4 Å². The number of nitrogens with one attached hydrogen (secondary N) is 2. The SMILES string of the molecule is Cc1cc(C(F)(F)Cl)n2nc(C(=O)Nc3cccc(NC(=O)c4ccn(C)n4)c3)cc2n1. The number of halogens is 3. The van der Waals surface area contributed by atoms with Crippen molar-refractivity contribution in [2.24, 2.45) is 7.05 Å². The van der Waals surface area contributed by atoms with E-state index in [1.165, 1.54) is 23.7 Å². The highest BCUT2D eigenvalue weighted by Crippen LogP contribution is 2.32. The highest BCUT2D eigenvalue weighted by atomic mass is 35.5. The Morgan fingerprint density at radius 3 is 2.25 bits per heavy atom. The maximum atomic E-state index is 13.7. The van der Waals surface area contributed by atoms with Gasteiger partial charge < -0.3 is 10.6 Å². The summed E-state index contributed by atoms with van der Waals surface area (Å²) in [5.74, 6) is -1.06. The van der Waals surface area contributed by atoms with E-state index in [-0.39, 0.29) is 17.0 Å². The quantitative estimate of drug-likeness (QED) is 0.444. The van der Waals surface area contributed by atoms with Crippen LogP contribution < -0.4 is 10.6 Å². The molecule has 4 aromatic rings. The van der Waals surface area contributed by atoms with Crippen LogP contribution in [0, 0.1) is 6.92 Å². The van der Waals surface area contributed by atoms with Crippen LogP contribution in [0.5, 0.6) is 0 Å². The molecule has 0 unspecified atom stereocenters. The third-order valence-electron chi connectivity index (χ3n) is 4.40.